The number of nitrogens with one attached hydrogen (secondary N) is 1. The van der Waals surface area contributed by atoms with E-state index in [1.807, 2.05) is 0 Å². The van der Waals surface area contributed by atoms with E-state index in [-0.39, 0.29) is 0 Å². The molecule has 2 rings (SSSR count). The molecule has 1 N–H and O–H groups in total. The first-order chi connectivity index (χ1) is 6.85. The highest BCUT2D eigenvalue weighted by Gasteiger charge is 2.48. The van der Waals surface area contributed by atoms with Gasteiger partial charge in [-0.1, -0.05) is 0 Å². The zero-order chi connectivity index (χ0) is 11.3. The van der Waals surface area contributed by atoms with Crippen molar-refractivity contribution in [2.75, 3.05) is 13.1 Å². The van der Waals surface area contributed by atoms with Crippen LogP contribution in [0.25, 0.3) is 0 Å². The van der Waals surface area contributed by atoms with Gasteiger partial charge in [-0.05, 0) is 53.4 Å². The van der Waals surface area contributed by atoms with Crippen molar-refractivity contribution < 1.29 is 0 Å². The Hall–Kier alpha value is -0.0800. The summed E-state index contributed by atoms with van der Waals surface area (Å²) < 4.78 is 0. The third kappa shape index (κ3) is 2.07. The zero-order valence-corrected chi connectivity index (χ0v) is 10.9. The second kappa shape index (κ2) is 3.46. The predicted molar refractivity (Wildman–Crippen MR) is 65.1 cm³/mol. The van der Waals surface area contributed by atoms with Gasteiger partial charge in [-0.15, -0.1) is 0 Å². The Morgan fingerprint density at radius 1 is 1.20 bits per heavy atom. The molecule has 1 atom stereocenters. The smallest absolute Gasteiger partial charge is 0.0309 e. The SMILES string of the molecule is CC(C)N1CC(C)(C2CC2)NCC1(C)C. The number of hydrogen-bond donors (Lipinski definition) is 1. The summed E-state index contributed by atoms with van der Waals surface area (Å²) in [5.41, 5.74) is 0.683. The van der Waals surface area contributed by atoms with Crippen molar-refractivity contribution in [2.45, 2.75) is 64.6 Å². The number of hydrogen-bond acceptors (Lipinski definition) is 2. The molecule has 1 saturated heterocycles. The lowest BCUT2D eigenvalue weighted by molar-refractivity contribution is 0.00117. The Bertz CT molecular complexity index is 243. The average molecular weight is 210 g/mol. The largest absolute Gasteiger partial charge is 0.308 e. The van der Waals surface area contributed by atoms with E-state index in [1.54, 1.807) is 0 Å². The first kappa shape index (κ1) is 11.4. The summed E-state index contributed by atoms with van der Waals surface area (Å²) in [6.07, 6.45) is 2.85. The third-order valence-electron chi connectivity index (χ3n) is 4.30. The summed E-state index contributed by atoms with van der Waals surface area (Å²) >= 11 is 0. The fraction of sp³-hybridized carbons (Fsp3) is 1.00. The maximum Gasteiger partial charge on any atom is 0.0309 e. The van der Waals surface area contributed by atoms with Crippen molar-refractivity contribution in [3.05, 3.63) is 0 Å². The molecule has 1 saturated carbocycles. The fourth-order valence-electron chi connectivity index (χ4n) is 3.02. The highest BCUT2D eigenvalue weighted by Crippen LogP contribution is 2.42. The van der Waals surface area contributed by atoms with Crippen LogP contribution in [0.1, 0.15) is 47.5 Å². The molecule has 2 nitrogen and oxygen atoms in total. The summed E-state index contributed by atoms with van der Waals surface area (Å²) in [6.45, 7) is 14.1. The molecule has 1 unspecified atom stereocenters. The van der Waals surface area contributed by atoms with Crippen molar-refractivity contribution in [1.82, 2.24) is 10.2 Å². The van der Waals surface area contributed by atoms with E-state index in [0.717, 1.165) is 12.5 Å². The number of rotatable bonds is 2. The maximum atomic E-state index is 3.79. The van der Waals surface area contributed by atoms with Crippen LogP contribution in [0, 0.1) is 5.92 Å². The minimum Gasteiger partial charge on any atom is -0.308 e. The molecule has 1 aliphatic carbocycles. The molecule has 15 heavy (non-hydrogen) atoms. The lowest BCUT2D eigenvalue weighted by Gasteiger charge is -2.53. The van der Waals surface area contributed by atoms with E-state index in [9.17, 15) is 0 Å². The Morgan fingerprint density at radius 2 is 1.80 bits per heavy atom. The van der Waals surface area contributed by atoms with Crippen LogP contribution in [0.4, 0.5) is 0 Å². The van der Waals surface area contributed by atoms with Crippen molar-refractivity contribution in [2.24, 2.45) is 5.92 Å². The predicted octanol–water partition coefficient (Wildman–Crippen LogP) is 2.25. The molecular weight excluding hydrogens is 184 g/mol. The topological polar surface area (TPSA) is 15.3 Å². The third-order valence-corrected chi connectivity index (χ3v) is 4.30. The molecule has 2 fully saturated rings. The van der Waals surface area contributed by atoms with Crippen LogP contribution in [0.15, 0.2) is 0 Å². The summed E-state index contributed by atoms with van der Waals surface area (Å²) in [4.78, 5) is 2.67. The monoisotopic (exact) mass is 210 g/mol. The van der Waals surface area contributed by atoms with E-state index in [1.165, 1.54) is 19.4 Å². The van der Waals surface area contributed by atoms with Crippen LogP contribution < -0.4 is 5.32 Å². The minimum atomic E-state index is 0.308. The molecule has 2 aliphatic rings. The van der Waals surface area contributed by atoms with Crippen LogP contribution in [-0.4, -0.2) is 35.1 Å². The summed E-state index contributed by atoms with van der Waals surface area (Å²) in [5.74, 6) is 0.926. The molecule has 0 aromatic rings. The molecule has 0 radical (unpaired) electrons. The van der Waals surface area contributed by atoms with Gasteiger partial charge in [0.15, 0.2) is 0 Å². The standard InChI is InChI=1S/C13H26N2/c1-10(2)15-9-13(5,11-6-7-11)14-8-12(15,3)4/h10-11,14H,6-9H2,1-5H3. The molecule has 0 amide bonds. The molecule has 0 aromatic heterocycles. The van der Waals surface area contributed by atoms with Gasteiger partial charge >= 0.3 is 0 Å². The summed E-state index contributed by atoms with van der Waals surface area (Å²) in [5, 5.41) is 3.79. The first-order valence-corrected chi connectivity index (χ1v) is 6.37. The van der Waals surface area contributed by atoms with E-state index in [2.05, 4.69) is 44.8 Å². The second-order valence-corrected chi connectivity index (χ2v) is 6.58. The lowest BCUT2D eigenvalue weighted by Crippen LogP contribution is -2.69. The van der Waals surface area contributed by atoms with E-state index in [4.69, 9.17) is 0 Å². The van der Waals surface area contributed by atoms with Crippen LogP contribution in [-0.2, 0) is 0 Å². The average Bonchev–Trinajstić information content (AvgIpc) is 2.92. The Kier molecular flexibility index (Phi) is 2.63. The van der Waals surface area contributed by atoms with Crippen LogP contribution in [0.2, 0.25) is 0 Å². The van der Waals surface area contributed by atoms with Crippen LogP contribution in [0.5, 0.6) is 0 Å². The first-order valence-electron chi connectivity index (χ1n) is 6.37. The van der Waals surface area contributed by atoms with Gasteiger partial charge in [0.1, 0.15) is 0 Å². The normalized spacial score (nSPS) is 37.2. The lowest BCUT2D eigenvalue weighted by atomic mass is 9.86. The molecule has 0 aromatic carbocycles. The van der Waals surface area contributed by atoms with E-state index < -0.39 is 0 Å². The van der Waals surface area contributed by atoms with Gasteiger partial charge in [-0.2, -0.15) is 0 Å². The van der Waals surface area contributed by atoms with E-state index >= 15 is 0 Å². The number of nitrogens with zero attached hydrogens (tertiary/aromatic N) is 1. The van der Waals surface area contributed by atoms with Crippen molar-refractivity contribution in [1.29, 1.82) is 0 Å². The fourth-order valence-corrected chi connectivity index (χ4v) is 3.02. The maximum absolute atomic E-state index is 3.79. The Morgan fingerprint density at radius 3 is 2.27 bits per heavy atom. The second-order valence-electron chi connectivity index (χ2n) is 6.58. The molecule has 0 spiro atoms. The van der Waals surface area contributed by atoms with Crippen LogP contribution in [0.3, 0.4) is 0 Å². The molecule has 88 valence electrons. The van der Waals surface area contributed by atoms with Gasteiger partial charge in [0, 0.05) is 30.2 Å². The van der Waals surface area contributed by atoms with Gasteiger partial charge in [0.2, 0.25) is 0 Å². The van der Waals surface area contributed by atoms with Crippen molar-refractivity contribution in [3.63, 3.8) is 0 Å². The van der Waals surface area contributed by atoms with Crippen molar-refractivity contribution in [3.8, 4) is 0 Å². The minimum absolute atomic E-state index is 0.308. The van der Waals surface area contributed by atoms with Gasteiger partial charge in [0.25, 0.3) is 0 Å². The van der Waals surface area contributed by atoms with Gasteiger partial charge < -0.3 is 5.32 Å². The Balaban J connectivity index is 2.12. The molecule has 1 aliphatic heterocycles. The number of piperazine rings is 1. The van der Waals surface area contributed by atoms with E-state index in [0.29, 0.717) is 17.1 Å². The zero-order valence-electron chi connectivity index (χ0n) is 10.9. The van der Waals surface area contributed by atoms with Gasteiger partial charge in [-0.3, -0.25) is 4.90 Å². The summed E-state index contributed by atoms with van der Waals surface area (Å²) in [7, 11) is 0. The highest BCUT2D eigenvalue weighted by molar-refractivity contribution is 5.07. The molecule has 2 heteroatoms. The molecule has 0 bridgehead atoms. The molecular formula is C13H26N2. The van der Waals surface area contributed by atoms with Crippen LogP contribution >= 0.6 is 0 Å². The highest BCUT2D eigenvalue weighted by atomic mass is 15.3. The van der Waals surface area contributed by atoms with Gasteiger partial charge in [0.05, 0.1) is 0 Å². The van der Waals surface area contributed by atoms with Gasteiger partial charge in [-0.25, -0.2) is 0 Å². The quantitative estimate of drug-likeness (QED) is 0.752. The Labute approximate surface area is 94.4 Å². The van der Waals surface area contributed by atoms with Crippen molar-refractivity contribution >= 4 is 0 Å². The summed E-state index contributed by atoms with van der Waals surface area (Å²) in [6, 6.07) is 0.653. The molecule has 1 heterocycles.